The van der Waals surface area contributed by atoms with Crippen LogP contribution in [0.3, 0.4) is 0 Å². The maximum Gasteiger partial charge on any atom is 0.185 e. The summed E-state index contributed by atoms with van der Waals surface area (Å²) in [5.74, 6) is 0.0488. The Bertz CT molecular complexity index is 297. The SMILES string of the molecule is CNCC(O)C(O)c1ccoc1C=O. The minimum absolute atomic E-state index is 0.0488. The molecule has 5 nitrogen and oxygen atoms in total. The van der Waals surface area contributed by atoms with Gasteiger partial charge in [-0.1, -0.05) is 0 Å². The predicted octanol–water partition coefficient (Wildman–Crippen LogP) is -0.294. The van der Waals surface area contributed by atoms with Gasteiger partial charge in [0.05, 0.1) is 12.4 Å². The van der Waals surface area contributed by atoms with Gasteiger partial charge >= 0.3 is 0 Å². The lowest BCUT2D eigenvalue weighted by atomic mass is 10.1. The van der Waals surface area contributed by atoms with Crippen LogP contribution < -0.4 is 5.32 Å². The van der Waals surface area contributed by atoms with Gasteiger partial charge in [-0.25, -0.2) is 0 Å². The first-order valence-corrected chi connectivity index (χ1v) is 4.24. The smallest absolute Gasteiger partial charge is 0.185 e. The quantitative estimate of drug-likeness (QED) is 0.567. The van der Waals surface area contributed by atoms with Gasteiger partial charge < -0.3 is 19.9 Å². The Labute approximate surface area is 81.4 Å². The molecule has 0 saturated carbocycles. The number of furan rings is 1. The third-order valence-corrected chi connectivity index (χ3v) is 1.93. The summed E-state index contributed by atoms with van der Waals surface area (Å²) in [6, 6.07) is 1.47. The van der Waals surface area contributed by atoms with Crippen LogP contribution in [0.2, 0.25) is 0 Å². The molecule has 5 heteroatoms. The molecule has 0 aliphatic heterocycles. The number of hydrogen-bond acceptors (Lipinski definition) is 5. The Morgan fingerprint density at radius 3 is 2.93 bits per heavy atom. The van der Waals surface area contributed by atoms with Crippen LogP contribution in [0.1, 0.15) is 22.2 Å². The first kappa shape index (κ1) is 10.9. The fraction of sp³-hybridized carbons (Fsp3) is 0.444. The molecule has 2 unspecified atom stereocenters. The third kappa shape index (κ3) is 2.20. The zero-order chi connectivity index (χ0) is 10.6. The molecule has 0 spiro atoms. The number of rotatable bonds is 5. The molecular formula is C9H13NO4. The normalized spacial score (nSPS) is 15.1. The van der Waals surface area contributed by atoms with E-state index in [-0.39, 0.29) is 12.3 Å². The van der Waals surface area contributed by atoms with Crippen LogP contribution in [0.15, 0.2) is 16.7 Å². The lowest BCUT2D eigenvalue weighted by molar-refractivity contribution is 0.0194. The van der Waals surface area contributed by atoms with Crippen molar-refractivity contribution < 1.29 is 19.4 Å². The number of aliphatic hydroxyl groups excluding tert-OH is 2. The molecule has 1 aromatic heterocycles. The van der Waals surface area contributed by atoms with E-state index in [2.05, 4.69) is 5.32 Å². The number of hydrogen-bond donors (Lipinski definition) is 3. The van der Waals surface area contributed by atoms with Crippen molar-refractivity contribution in [2.45, 2.75) is 12.2 Å². The van der Waals surface area contributed by atoms with Gasteiger partial charge in [0.1, 0.15) is 6.10 Å². The Kier molecular flexibility index (Phi) is 3.82. The van der Waals surface area contributed by atoms with Crippen LogP contribution in [0.25, 0.3) is 0 Å². The van der Waals surface area contributed by atoms with Gasteiger partial charge in [-0.05, 0) is 13.1 Å². The van der Waals surface area contributed by atoms with E-state index in [1.54, 1.807) is 7.05 Å². The molecular weight excluding hydrogens is 186 g/mol. The highest BCUT2D eigenvalue weighted by Crippen LogP contribution is 2.20. The molecule has 3 N–H and O–H groups in total. The molecule has 14 heavy (non-hydrogen) atoms. The zero-order valence-electron chi connectivity index (χ0n) is 7.80. The summed E-state index contributed by atoms with van der Waals surface area (Å²) in [7, 11) is 1.66. The molecule has 0 aliphatic carbocycles. The Balaban J connectivity index is 2.77. The van der Waals surface area contributed by atoms with Gasteiger partial charge in [-0.3, -0.25) is 4.79 Å². The third-order valence-electron chi connectivity index (χ3n) is 1.93. The van der Waals surface area contributed by atoms with Crippen molar-refractivity contribution in [3.05, 3.63) is 23.7 Å². The highest BCUT2D eigenvalue weighted by Gasteiger charge is 2.22. The van der Waals surface area contributed by atoms with Crippen molar-refractivity contribution in [3.8, 4) is 0 Å². The van der Waals surface area contributed by atoms with Gasteiger partial charge in [-0.15, -0.1) is 0 Å². The molecule has 0 amide bonds. The van der Waals surface area contributed by atoms with E-state index in [1.807, 2.05) is 0 Å². The van der Waals surface area contributed by atoms with Crippen molar-refractivity contribution in [2.75, 3.05) is 13.6 Å². The Morgan fingerprint density at radius 1 is 1.64 bits per heavy atom. The Hall–Kier alpha value is -1.17. The van der Waals surface area contributed by atoms with E-state index in [9.17, 15) is 15.0 Å². The molecule has 0 bridgehead atoms. The zero-order valence-corrected chi connectivity index (χ0v) is 7.80. The van der Waals surface area contributed by atoms with Gasteiger partial charge in [0.2, 0.25) is 0 Å². The average Bonchev–Trinajstić information content (AvgIpc) is 2.64. The summed E-state index contributed by atoms with van der Waals surface area (Å²) in [5.41, 5.74) is 0.308. The average molecular weight is 199 g/mol. The van der Waals surface area contributed by atoms with E-state index >= 15 is 0 Å². The maximum absolute atomic E-state index is 10.5. The first-order chi connectivity index (χ1) is 6.70. The molecule has 0 aliphatic rings. The van der Waals surface area contributed by atoms with Crippen LogP contribution in [-0.2, 0) is 0 Å². The molecule has 0 fully saturated rings. The second-order valence-electron chi connectivity index (χ2n) is 2.93. The highest BCUT2D eigenvalue weighted by atomic mass is 16.3. The molecule has 0 radical (unpaired) electrons. The van der Waals surface area contributed by atoms with Crippen LogP contribution >= 0.6 is 0 Å². The van der Waals surface area contributed by atoms with Crippen LogP contribution in [0.5, 0.6) is 0 Å². The molecule has 2 atom stereocenters. The van der Waals surface area contributed by atoms with Crippen molar-refractivity contribution in [1.82, 2.24) is 5.32 Å². The van der Waals surface area contributed by atoms with Gasteiger partial charge in [0.15, 0.2) is 12.0 Å². The Morgan fingerprint density at radius 2 is 2.36 bits per heavy atom. The molecule has 0 aromatic carbocycles. The molecule has 1 aromatic rings. The summed E-state index contributed by atoms with van der Waals surface area (Å²) in [6.07, 6.45) is -0.267. The van der Waals surface area contributed by atoms with Gasteiger partial charge in [-0.2, -0.15) is 0 Å². The minimum atomic E-state index is -1.11. The van der Waals surface area contributed by atoms with Crippen molar-refractivity contribution in [1.29, 1.82) is 0 Å². The van der Waals surface area contributed by atoms with Crippen LogP contribution in [-0.4, -0.2) is 36.2 Å². The standard InChI is InChI=1S/C9H13NO4/c1-10-4-7(12)9(13)6-2-3-14-8(6)5-11/h2-3,5,7,9-10,12-13H,4H2,1H3. The fourth-order valence-corrected chi connectivity index (χ4v) is 1.20. The number of carbonyl (C=O) groups excluding carboxylic acids is 1. The second-order valence-corrected chi connectivity index (χ2v) is 2.93. The van der Waals surface area contributed by atoms with E-state index in [0.717, 1.165) is 0 Å². The number of aldehydes is 1. The molecule has 1 heterocycles. The summed E-state index contributed by atoms with van der Waals surface area (Å²) in [5, 5.41) is 21.8. The first-order valence-electron chi connectivity index (χ1n) is 4.24. The minimum Gasteiger partial charge on any atom is -0.461 e. The number of likely N-dealkylation sites (N-methyl/N-ethyl adjacent to an activating group) is 1. The van der Waals surface area contributed by atoms with E-state index in [1.165, 1.54) is 12.3 Å². The summed E-state index contributed by atoms with van der Waals surface area (Å²) >= 11 is 0. The maximum atomic E-state index is 10.5. The lowest BCUT2D eigenvalue weighted by Gasteiger charge is -2.16. The van der Waals surface area contributed by atoms with E-state index in [0.29, 0.717) is 11.8 Å². The predicted molar refractivity (Wildman–Crippen MR) is 49.0 cm³/mol. The summed E-state index contributed by atoms with van der Waals surface area (Å²) < 4.78 is 4.80. The topological polar surface area (TPSA) is 82.7 Å². The summed E-state index contributed by atoms with van der Waals surface area (Å²) in [6.45, 7) is 0.241. The van der Waals surface area contributed by atoms with Crippen molar-refractivity contribution in [3.63, 3.8) is 0 Å². The monoisotopic (exact) mass is 199 g/mol. The fourth-order valence-electron chi connectivity index (χ4n) is 1.20. The number of carbonyl (C=O) groups is 1. The largest absolute Gasteiger partial charge is 0.461 e. The number of aliphatic hydroxyl groups is 2. The molecule has 1 rings (SSSR count). The molecule has 0 saturated heterocycles. The second kappa shape index (κ2) is 4.90. The van der Waals surface area contributed by atoms with Gasteiger partial charge in [0, 0.05) is 12.1 Å². The van der Waals surface area contributed by atoms with E-state index < -0.39 is 12.2 Å². The van der Waals surface area contributed by atoms with Crippen LogP contribution in [0, 0.1) is 0 Å². The summed E-state index contributed by atoms with van der Waals surface area (Å²) in [4.78, 5) is 10.5. The lowest BCUT2D eigenvalue weighted by Crippen LogP contribution is -2.29. The van der Waals surface area contributed by atoms with Gasteiger partial charge in [0.25, 0.3) is 0 Å². The highest BCUT2D eigenvalue weighted by molar-refractivity contribution is 5.73. The number of nitrogens with one attached hydrogen (secondary N) is 1. The van der Waals surface area contributed by atoms with Crippen molar-refractivity contribution in [2.24, 2.45) is 0 Å². The van der Waals surface area contributed by atoms with Crippen LogP contribution in [0.4, 0.5) is 0 Å². The van der Waals surface area contributed by atoms with E-state index in [4.69, 9.17) is 4.42 Å². The molecule has 78 valence electrons. The van der Waals surface area contributed by atoms with Crippen molar-refractivity contribution >= 4 is 6.29 Å².